The summed E-state index contributed by atoms with van der Waals surface area (Å²) in [7, 11) is -0.816. The van der Waals surface area contributed by atoms with Crippen LogP contribution in [-0.2, 0) is 96.8 Å². The van der Waals surface area contributed by atoms with Gasteiger partial charge in [-0.2, -0.15) is 4.98 Å². The molecule has 8 aromatic carbocycles. The lowest BCUT2D eigenvalue weighted by atomic mass is 9.77. The van der Waals surface area contributed by atoms with E-state index in [-0.39, 0.29) is 83.2 Å². The van der Waals surface area contributed by atoms with E-state index in [1.165, 1.54) is 58.2 Å². The van der Waals surface area contributed by atoms with Crippen LogP contribution in [0.25, 0.3) is 20.9 Å². The fourth-order valence-corrected chi connectivity index (χ4v) is 20.4. The van der Waals surface area contributed by atoms with Gasteiger partial charge in [0.25, 0.3) is 5.91 Å². The molecule has 3 amide bonds. The van der Waals surface area contributed by atoms with E-state index in [0.29, 0.717) is 99.0 Å². The number of carbonyl (C=O) groups excluding carboxylic acids is 6. The van der Waals surface area contributed by atoms with Crippen molar-refractivity contribution in [1.29, 1.82) is 0 Å². The van der Waals surface area contributed by atoms with Crippen molar-refractivity contribution in [2.45, 2.75) is 153 Å². The van der Waals surface area contributed by atoms with Crippen LogP contribution in [0.5, 0.6) is 40.2 Å². The van der Waals surface area contributed by atoms with Gasteiger partial charge in [-0.05, 0) is 180 Å². The smallest absolute Gasteiger partial charge is 0.475 e. The number of benzene rings is 8. The highest BCUT2D eigenvalue weighted by Crippen LogP contribution is 2.60. The van der Waals surface area contributed by atoms with Crippen molar-refractivity contribution in [2.24, 2.45) is 10.8 Å². The Balaban J connectivity index is 0.722. The van der Waals surface area contributed by atoms with Crippen LogP contribution in [0, 0.1) is 24.0 Å². The molecule has 5 N–H and O–H groups in total. The second-order valence-corrected chi connectivity index (χ2v) is 41.2. The number of rotatable bonds is 45. The maximum atomic E-state index is 16.4. The fraction of sp³-hybridized carbons (Fsp3) is 0.377. The molecular weight excluding hydrogens is 1980 g/mol. The van der Waals surface area contributed by atoms with Gasteiger partial charge < -0.3 is 93.3 Å². The van der Waals surface area contributed by atoms with E-state index in [0.717, 1.165) is 4.57 Å². The van der Waals surface area contributed by atoms with E-state index in [9.17, 15) is 28.8 Å². The number of methoxy groups -OCH3 is 4. The largest absolute Gasteiger partial charge is 0.497 e. The average Bonchev–Trinajstić information content (AvgIpc) is 1.57. The molecule has 1 spiro atoms. The number of nitrogens with one attached hydrogen (secondary N) is 5. The van der Waals surface area contributed by atoms with Gasteiger partial charge in [-0.15, -0.1) is 0 Å². The molecular formula is C106H116N14O26P2S. The Morgan fingerprint density at radius 1 is 0.638 bits per heavy atom. The van der Waals surface area contributed by atoms with Crippen LogP contribution in [0.3, 0.4) is 0 Å². The summed E-state index contributed by atoms with van der Waals surface area (Å²) >= 11 is 5.92. The Kier molecular flexibility index (Phi) is 35.0. The molecule has 15 rings (SSSR count). The molecule has 11 atom stereocenters. The summed E-state index contributed by atoms with van der Waals surface area (Å²) in [5.74, 6) is -0.792. The number of aromatic nitrogens is 6. The van der Waals surface area contributed by atoms with Gasteiger partial charge >= 0.3 is 39.2 Å². The van der Waals surface area contributed by atoms with Crippen LogP contribution >= 0.6 is 27.9 Å². The SMILES string of the molecule is [C-]#[N+]CCOP(=O)(OC[C@H]1O[C@@H](n2ccc(NC(=O)c3ccccc3)nc2=O)C[C@@H]1OP(=O)(OCC[N+]#[C-])OC[C@H]1O[C@@H](n2cnc3c(N(C)C)ncnc32)[C@H](OC)[C@@H]1NC(=O)[C@H](Cc1ccc(OC)cc1)NC(C)=O)OC(CCCCCNC(=S)Nc1ccc2c(c1)C(=O)OC21c2ccc(OC(=O)C(C)(C)C)cc2Oc2cc(OC(=O)C(C)(C)C)ccc21)COC(c1ccccc1)(c1ccc(OC)cc1)c1ccc(OC)cc1. The first kappa shape index (κ1) is 109. The van der Waals surface area contributed by atoms with Gasteiger partial charge in [0.05, 0.1) is 76.0 Å². The maximum absolute atomic E-state index is 16.4. The number of phosphoric ester groups is 2. The molecule has 0 radical (unpaired) electrons. The fourth-order valence-electron chi connectivity index (χ4n) is 17.4. The highest BCUT2D eigenvalue weighted by molar-refractivity contribution is 7.80. The lowest BCUT2D eigenvalue weighted by Gasteiger charge is -2.37. The van der Waals surface area contributed by atoms with E-state index in [1.54, 1.807) is 201 Å². The first-order valence-corrected chi connectivity index (χ1v) is 51.3. The summed E-state index contributed by atoms with van der Waals surface area (Å²) in [5.41, 5.74) is -0.391. The van der Waals surface area contributed by atoms with Gasteiger partial charge in [0.15, 0.2) is 33.9 Å². The number of fused-ring (bicyclic) bond motifs is 7. The van der Waals surface area contributed by atoms with Gasteiger partial charge in [0, 0.05) is 93.8 Å². The summed E-state index contributed by atoms with van der Waals surface area (Å²) in [6.45, 7) is 23.8. The number of esters is 3. The number of anilines is 3. The van der Waals surface area contributed by atoms with E-state index in [4.69, 9.17) is 105 Å². The molecule has 3 aromatic heterocycles. The molecule has 43 heteroatoms. The minimum Gasteiger partial charge on any atom is -0.497 e. The number of nitrogens with zero attached hydrogens (tertiary/aromatic N) is 9. The second kappa shape index (κ2) is 47.9. The molecule has 0 aliphatic carbocycles. The predicted molar refractivity (Wildman–Crippen MR) is 550 cm³/mol. The first-order valence-electron chi connectivity index (χ1n) is 48.0. The maximum Gasteiger partial charge on any atom is 0.475 e. The quantitative estimate of drug-likeness (QED) is 0.00450. The normalized spacial score (nSPS) is 18.2. The summed E-state index contributed by atoms with van der Waals surface area (Å²) in [4.78, 5) is 123. The number of imidazole rings is 1. The van der Waals surface area contributed by atoms with E-state index >= 15 is 13.9 Å². The van der Waals surface area contributed by atoms with Gasteiger partial charge in [0.2, 0.25) is 24.9 Å². The van der Waals surface area contributed by atoms with Gasteiger partial charge in [-0.1, -0.05) is 104 Å². The van der Waals surface area contributed by atoms with Gasteiger partial charge in [0.1, 0.15) is 108 Å². The van der Waals surface area contributed by atoms with E-state index in [2.05, 4.69) is 56.2 Å². The van der Waals surface area contributed by atoms with Crippen LogP contribution in [0.2, 0.25) is 0 Å². The topological polar surface area (TPSA) is 444 Å². The summed E-state index contributed by atoms with van der Waals surface area (Å²) in [6.07, 6.45) is -4.60. The van der Waals surface area contributed by atoms with Gasteiger partial charge in [-0.25, -0.2) is 46.8 Å². The molecule has 0 bridgehead atoms. The number of carbonyl (C=O) groups is 6. The Hall–Kier alpha value is -14.3. The van der Waals surface area contributed by atoms with Crippen molar-refractivity contribution in [3.8, 4) is 40.2 Å². The van der Waals surface area contributed by atoms with E-state index < -0.39 is 167 Å². The number of phosphoric acid groups is 2. The molecule has 7 heterocycles. The number of amides is 3. The van der Waals surface area contributed by atoms with Crippen molar-refractivity contribution in [3.05, 3.63) is 296 Å². The second-order valence-electron chi connectivity index (χ2n) is 37.6. The Labute approximate surface area is 865 Å². The molecule has 11 aromatic rings. The minimum atomic E-state index is -5.21. The van der Waals surface area contributed by atoms with Crippen molar-refractivity contribution in [2.75, 3.05) is 111 Å². The third kappa shape index (κ3) is 25.7. The van der Waals surface area contributed by atoms with Crippen molar-refractivity contribution >= 4 is 97.1 Å². The van der Waals surface area contributed by atoms with Crippen LogP contribution in [0.15, 0.2) is 218 Å². The van der Waals surface area contributed by atoms with Crippen molar-refractivity contribution in [3.63, 3.8) is 0 Å². The third-order valence-corrected chi connectivity index (χ3v) is 28.2. The van der Waals surface area contributed by atoms with Crippen LogP contribution < -0.4 is 65.6 Å². The lowest BCUT2D eigenvalue weighted by Crippen LogP contribution is -2.55. The Morgan fingerprint density at radius 2 is 1.21 bits per heavy atom. The lowest BCUT2D eigenvalue weighted by molar-refractivity contribution is -0.143. The van der Waals surface area contributed by atoms with Crippen LogP contribution in [0.4, 0.5) is 17.3 Å². The molecule has 2 fully saturated rings. The first-order chi connectivity index (χ1) is 71.5. The number of hydrogen-bond donors (Lipinski definition) is 5. The predicted octanol–water partition coefficient (Wildman–Crippen LogP) is 15.8. The summed E-state index contributed by atoms with van der Waals surface area (Å²) in [6, 6.07) is 52.7. The molecule has 4 aliphatic heterocycles. The number of hydrogen-bond acceptors (Lipinski definition) is 32. The zero-order chi connectivity index (χ0) is 106. The van der Waals surface area contributed by atoms with Gasteiger partial charge in [-0.3, -0.25) is 60.2 Å². The molecule has 4 aliphatic rings. The molecule has 149 heavy (non-hydrogen) atoms. The molecule has 2 saturated heterocycles. The van der Waals surface area contributed by atoms with Crippen molar-refractivity contribution in [1.82, 2.24) is 45.0 Å². The number of unbranched alkanes of at least 4 members (excludes halogenated alkanes) is 2. The minimum absolute atomic E-state index is 0.00743. The standard InChI is InChI=1S/C106H116N14O26P2S/c1-65(121)113-82(55-66-30-37-72(130-12)38-31-66)96(123)117-90-87(143-97(92(90)133-15)120-64-112-91-93(118(10)11)110-63-111-94(91)120)62-138-148(129,136-54-51-108-9)146-85-59-89(119-52-48-88(116-102(119)127)115-95(122)67-25-19-16-20-26-67)142-86(85)61-137-147(128,135-53-50-107-8)145-77(60-134-105(68-27-21-17-22-28-68,69-32-39-73(131-13)40-33-69)70-34-41-74(132-14)42-35-70)29-23-18-24-49-109-101(149)114-71-36-45-79-78(56-71)98(124)144-106(79)80-46-43-75(139-99(125)103(2,3)4)57-83(80)141-84-58-76(44-47-81(84)106)140-100(126)104(5,6)7/h16-17,19-22,25-28,30-48,52,56-58,63-64,77,82,85-87,89-90,92,97H,18,23-24,29,49-51,53-55,59-62H2,1-7,10-15H3,(H,113,121)(H,117,123)(H2,109,114,149)(H,115,116,122,127)/t77?,82-,85-,86+,87+,89+,90+,92+,97+,147?,148?/m0/s1. The summed E-state index contributed by atoms with van der Waals surface area (Å²) < 4.78 is 142. The monoisotopic (exact) mass is 2090 g/mol. The molecule has 40 nitrogen and oxygen atoms in total. The van der Waals surface area contributed by atoms with Crippen LogP contribution in [-0.4, -0.2) is 208 Å². The summed E-state index contributed by atoms with van der Waals surface area (Å²) in [5, 5.41) is 15.1. The van der Waals surface area contributed by atoms with E-state index in [1.807, 2.05) is 54.6 Å². The van der Waals surface area contributed by atoms with Crippen LogP contribution in [0.1, 0.15) is 153 Å². The number of ether oxygens (including phenoxy) is 11. The average molecular weight is 2100 g/mol. The van der Waals surface area contributed by atoms with Crippen molar-refractivity contribution < 1.29 is 117 Å². The Morgan fingerprint density at radius 3 is 1.80 bits per heavy atom. The zero-order valence-electron chi connectivity index (χ0n) is 84.2. The zero-order valence-corrected chi connectivity index (χ0v) is 86.9. The highest BCUT2D eigenvalue weighted by Gasteiger charge is 2.56. The molecule has 0 saturated carbocycles. The third-order valence-electron chi connectivity index (χ3n) is 24.9. The number of thiocarbonyl (C=S) groups is 1. The Bertz CT molecular complexity index is 6800. The highest BCUT2D eigenvalue weighted by atomic mass is 32.1. The molecule has 3 unspecified atom stereocenters. The molecule has 782 valence electrons.